The molecule has 0 bridgehead atoms. The number of hydrogen-bond donors (Lipinski definition) is 0. The third kappa shape index (κ3) is 2.23. The van der Waals surface area contributed by atoms with Crippen molar-refractivity contribution in [3.63, 3.8) is 0 Å². The van der Waals surface area contributed by atoms with Crippen LogP contribution in [0.4, 0.5) is 11.4 Å². The number of rotatable bonds is 2. The zero-order valence-corrected chi connectivity index (χ0v) is 11.4. The quantitative estimate of drug-likeness (QED) is 0.797. The largest absolute Gasteiger partial charge is 0.345 e. The lowest BCUT2D eigenvalue weighted by Crippen LogP contribution is -2.24. The Morgan fingerprint density at radius 1 is 0.950 bits per heavy atom. The molecule has 0 radical (unpaired) electrons. The Labute approximate surface area is 117 Å². The van der Waals surface area contributed by atoms with Crippen LogP contribution in [0.25, 0.3) is 0 Å². The van der Waals surface area contributed by atoms with Crippen LogP contribution in [-0.4, -0.2) is 49.9 Å². The van der Waals surface area contributed by atoms with Gasteiger partial charge in [-0.15, -0.1) is 0 Å². The Hall–Kier alpha value is -2.75. The highest BCUT2D eigenvalue weighted by atomic mass is 15.6. The number of nitrogens with zero attached hydrogens (tertiary/aromatic N) is 7. The van der Waals surface area contributed by atoms with Crippen molar-refractivity contribution in [3.8, 4) is 6.07 Å². The Morgan fingerprint density at radius 3 is 1.80 bits per heavy atom. The third-order valence-corrected chi connectivity index (χ3v) is 3.12. The lowest BCUT2D eigenvalue weighted by atomic mass is 10.2. The number of benzene rings is 1. The molecule has 7 heteroatoms. The molecule has 102 valence electrons. The molecule has 0 atom stereocenters. The van der Waals surface area contributed by atoms with Gasteiger partial charge in [-0.1, -0.05) is 0 Å². The SMILES string of the molecule is CN1C=NN(c2cc(C#N)cc(N3CN(C)C=N3)c2)C1. The Balaban J connectivity index is 1.94. The van der Waals surface area contributed by atoms with Gasteiger partial charge in [0.2, 0.25) is 0 Å². The van der Waals surface area contributed by atoms with Gasteiger partial charge in [0.25, 0.3) is 0 Å². The van der Waals surface area contributed by atoms with Crippen LogP contribution in [0.3, 0.4) is 0 Å². The van der Waals surface area contributed by atoms with Crippen molar-refractivity contribution in [1.29, 1.82) is 5.26 Å². The van der Waals surface area contributed by atoms with Crippen LogP contribution in [0, 0.1) is 11.3 Å². The molecule has 2 aliphatic heterocycles. The number of hydrazone groups is 2. The minimum atomic E-state index is 0.604. The molecule has 1 aromatic carbocycles. The smallest absolute Gasteiger partial charge is 0.113 e. The molecule has 0 N–H and O–H groups in total. The van der Waals surface area contributed by atoms with Gasteiger partial charge in [-0.2, -0.15) is 15.5 Å². The lowest BCUT2D eigenvalue weighted by molar-refractivity contribution is 0.547. The molecule has 0 aliphatic carbocycles. The minimum absolute atomic E-state index is 0.604. The highest BCUT2D eigenvalue weighted by Gasteiger charge is 2.18. The predicted molar refractivity (Wildman–Crippen MR) is 78.4 cm³/mol. The third-order valence-electron chi connectivity index (χ3n) is 3.12. The molecule has 0 fully saturated rings. The first-order valence-electron chi connectivity index (χ1n) is 6.25. The van der Waals surface area contributed by atoms with Crippen LogP contribution in [-0.2, 0) is 0 Å². The Kier molecular flexibility index (Phi) is 2.91. The van der Waals surface area contributed by atoms with Gasteiger partial charge in [0.15, 0.2) is 0 Å². The second kappa shape index (κ2) is 4.74. The normalized spacial score (nSPS) is 17.2. The van der Waals surface area contributed by atoms with E-state index in [2.05, 4.69) is 16.3 Å². The van der Waals surface area contributed by atoms with Gasteiger partial charge in [0, 0.05) is 14.1 Å². The molecule has 2 heterocycles. The monoisotopic (exact) mass is 269 g/mol. The van der Waals surface area contributed by atoms with Crippen molar-refractivity contribution in [2.24, 2.45) is 10.2 Å². The molecule has 3 rings (SSSR count). The summed E-state index contributed by atoms with van der Waals surface area (Å²) in [6, 6.07) is 7.86. The summed E-state index contributed by atoms with van der Waals surface area (Å²) in [6.07, 6.45) is 3.53. The molecule has 20 heavy (non-hydrogen) atoms. The Morgan fingerprint density at radius 2 is 1.45 bits per heavy atom. The summed E-state index contributed by atoms with van der Waals surface area (Å²) in [5.41, 5.74) is 2.39. The average molecular weight is 269 g/mol. The van der Waals surface area contributed by atoms with E-state index < -0.39 is 0 Å². The second-order valence-corrected chi connectivity index (χ2v) is 4.91. The van der Waals surface area contributed by atoms with E-state index in [1.807, 2.05) is 52.1 Å². The van der Waals surface area contributed by atoms with E-state index in [1.54, 1.807) is 12.7 Å². The fourth-order valence-electron chi connectivity index (χ4n) is 2.12. The summed E-state index contributed by atoms with van der Waals surface area (Å²) in [4.78, 5) is 3.95. The summed E-state index contributed by atoms with van der Waals surface area (Å²) in [5, 5.41) is 21.5. The van der Waals surface area contributed by atoms with Crippen molar-refractivity contribution >= 4 is 24.1 Å². The van der Waals surface area contributed by atoms with Gasteiger partial charge < -0.3 is 9.80 Å². The van der Waals surface area contributed by atoms with Gasteiger partial charge in [-0.25, -0.2) is 10.0 Å². The fourth-order valence-corrected chi connectivity index (χ4v) is 2.12. The molecular formula is C13H15N7. The molecule has 2 aliphatic rings. The first kappa shape index (κ1) is 12.3. The van der Waals surface area contributed by atoms with E-state index in [0.29, 0.717) is 18.9 Å². The zero-order valence-electron chi connectivity index (χ0n) is 11.4. The molecule has 1 aromatic rings. The van der Waals surface area contributed by atoms with Crippen molar-refractivity contribution in [2.45, 2.75) is 0 Å². The standard InChI is InChI=1S/C13H15N7/c1-17-7-15-19(9-17)12-3-11(6-14)4-13(5-12)20-10-18(2)8-16-20/h3-5,7-8H,9-10H2,1-2H3. The average Bonchev–Trinajstić information content (AvgIpc) is 3.07. The highest BCUT2D eigenvalue weighted by Crippen LogP contribution is 2.27. The molecule has 0 spiro atoms. The highest BCUT2D eigenvalue weighted by molar-refractivity contribution is 5.70. The molecular weight excluding hydrogens is 254 g/mol. The maximum atomic E-state index is 9.19. The molecule has 0 saturated heterocycles. The van der Waals surface area contributed by atoms with Crippen LogP contribution in [0.2, 0.25) is 0 Å². The maximum Gasteiger partial charge on any atom is 0.113 e. The van der Waals surface area contributed by atoms with Crippen molar-refractivity contribution < 1.29 is 0 Å². The topological polar surface area (TPSA) is 61.5 Å². The van der Waals surface area contributed by atoms with E-state index >= 15 is 0 Å². The van der Waals surface area contributed by atoms with Crippen LogP contribution in [0.1, 0.15) is 5.56 Å². The molecule has 0 unspecified atom stereocenters. The van der Waals surface area contributed by atoms with E-state index in [-0.39, 0.29) is 0 Å². The first-order valence-corrected chi connectivity index (χ1v) is 6.25. The molecule has 0 aromatic heterocycles. The van der Waals surface area contributed by atoms with Crippen molar-refractivity contribution in [3.05, 3.63) is 23.8 Å². The molecule has 0 saturated carbocycles. The van der Waals surface area contributed by atoms with Crippen LogP contribution in [0.15, 0.2) is 28.4 Å². The molecule has 0 amide bonds. The second-order valence-electron chi connectivity index (χ2n) is 4.91. The van der Waals surface area contributed by atoms with Crippen LogP contribution in [0.5, 0.6) is 0 Å². The van der Waals surface area contributed by atoms with E-state index in [0.717, 1.165) is 11.4 Å². The van der Waals surface area contributed by atoms with Crippen molar-refractivity contribution in [2.75, 3.05) is 37.5 Å². The fraction of sp³-hybridized carbons (Fsp3) is 0.308. The summed E-state index contributed by atoms with van der Waals surface area (Å²) in [5.74, 6) is 0. The van der Waals surface area contributed by atoms with Crippen LogP contribution >= 0.6 is 0 Å². The maximum absolute atomic E-state index is 9.19. The number of nitriles is 1. The number of anilines is 2. The number of hydrogen-bond acceptors (Lipinski definition) is 7. The van der Waals surface area contributed by atoms with Gasteiger partial charge in [0.1, 0.15) is 26.0 Å². The van der Waals surface area contributed by atoms with E-state index in [4.69, 9.17) is 0 Å². The summed E-state index contributed by atoms with van der Waals surface area (Å²) < 4.78 is 0. The lowest BCUT2D eigenvalue weighted by Gasteiger charge is -2.20. The van der Waals surface area contributed by atoms with E-state index in [1.165, 1.54) is 0 Å². The molecule has 7 nitrogen and oxygen atoms in total. The summed E-state index contributed by atoms with van der Waals surface area (Å²) >= 11 is 0. The van der Waals surface area contributed by atoms with Crippen molar-refractivity contribution in [1.82, 2.24) is 9.80 Å². The van der Waals surface area contributed by atoms with Crippen LogP contribution < -0.4 is 10.0 Å². The van der Waals surface area contributed by atoms with Gasteiger partial charge >= 0.3 is 0 Å². The summed E-state index contributed by atoms with van der Waals surface area (Å²) in [7, 11) is 3.91. The zero-order chi connectivity index (χ0) is 14.1. The van der Waals surface area contributed by atoms with Gasteiger partial charge in [-0.3, -0.25) is 0 Å². The van der Waals surface area contributed by atoms with Gasteiger partial charge in [0.05, 0.1) is 23.0 Å². The van der Waals surface area contributed by atoms with E-state index in [9.17, 15) is 5.26 Å². The predicted octanol–water partition coefficient (Wildman–Crippen LogP) is 0.863. The summed E-state index contributed by atoms with van der Waals surface area (Å²) in [6.45, 7) is 1.36. The van der Waals surface area contributed by atoms with Gasteiger partial charge in [-0.05, 0) is 18.2 Å². The Bertz CT molecular complexity index is 571. The first-order chi connectivity index (χ1) is 9.65. The minimum Gasteiger partial charge on any atom is -0.345 e.